The zero-order valence-corrected chi connectivity index (χ0v) is 19.5. The molecule has 1 aromatic heterocycles. The molecule has 3 heterocycles. The number of imide groups is 1. The number of urea groups is 1. The number of carbonyl (C=O) groups is 2. The summed E-state index contributed by atoms with van der Waals surface area (Å²) in [6.07, 6.45) is 10.4. The monoisotopic (exact) mass is 474 g/mol. The van der Waals surface area contributed by atoms with Crippen LogP contribution in [0.1, 0.15) is 31.7 Å². The Morgan fingerprint density at radius 3 is 2.76 bits per heavy atom. The summed E-state index contributed by atoms with van der Waals surface area (Å²) >= 11 is 0. The molecular weight excluding hydrogens is 446 g/mol. The fourth-order valence-corrected chi connectivity index (χ4v) is 6.04. The molecule has 1 aromatic rings. The van der Waals surface area contributed by atoms with E-state index < -0.39 is 32.8 Å². The van der Waals surface area contributed by atoms with Crippen LogP contribution in [0.3, 0.4) is 0 Å². The number of hydrogen-bond acceptors (Lipinski definition) is 6. The molecule has 2 unspecified atom stereocenters. The Bertz CT molecular complexity index is 1200. The molecule has 0 bridgehead atoms. The Morgan fingerprint density at radius 2 is 2.12 bits per heavy atom. The molecule has 3 amide bonds. The molecular formula is C22H28N5O5S+. The van der Waals surface area contributed by atoms with Gasteiger partial charge in [-0.25, -0.2) is 17.9 Å². The summed E-state index contributed by atoms with van der Waals surface area (Å²) in [7, 11) is -1.95. The Kier molecular flexibility index (Phi) is 5.37. The van der Waals surface area contributed by atoms with E-state index in [-0.39, 0.29) is 18.0 Å². The van der Waals surface area contributed by atoms with Gasteiger partial charge in [-0.05, 0) is 38.3 Å². The lowest BCUT2D eigenvalue weighted by Gasteiger charge is -2.27. The van der Waals surface area contributed by atoms with E-state index in [1.165, 1.54) is 11.0 Å². The van der Waals surface area contributed by atoms with Crippen molar-refractivity contribution < 1.29 is 27.3 Å². The smallest absolute Gasteiger partial charge is 0.381 e. The summed E-state index contributed by atoms with van der Waals surface area (Å²) < 4.78 is 37.4. The van der Waals surface area contributed by atoms with E-state index in [1.54, 1.807) is 40.9 Å². The number of amides is 3. The molecule has 2 fully saturated rings. The van der Waals surface area contributed by atoms with Crippen molar-refractivity contribution in [2.75, 3.05) is 19.8 Å². The lowest BCUT2D eigenvalue weighted by Crippen LogP contribution is -2.52. The molecule has 2 aliphatic heterocycles. The number of allylic oxidation sites excluding steroid dienone is 1. The molecule has 5 rings (SSSR count). The van der Waals surface area contributed by atoms with Gasteiger partial charge in [0.1, 0.15) is 23.1 Å². The third-order valence-electron chi connectivity index (χ3n) is 6.59. The highest BCUT2D eigenvalue weighted by Crippen LogP contribution is 2.36. The SMILES string of the molecule is Cn1cc(CN2C(=O)C3=CC(S(=O)(=O)NC4(C)CC4)C=CC3=[N+](CC3CCOC3)C2=O)cn1. The maximum atomic E-state index is 13.4. The van der Waals surface area contributed by atoms with Gasteiger partial charge in [-0.1, -0.05) is 6.08 Å². The minimum Gasteiger partial charge on any atom is -0.381 e. The largest absolute Gasteiger partial charge is 0.501 e. The minimum absolute atomic E-state index is 0.0608. The van der Waals surface area contributed by atoms with E-state index in [4.69, 9.17) is 4.74 Å². The van der Waals surface area contributed by atoms with Gasteiger partial charge in [-0.3, -0.25) is 4.68 Å². The molecule has 1 saturated carbocycles. The molecule has 0 radical (unpaired) electrons. The number of hydrogen-bond donors (Lipinski definition) is 1. The van der Waals surface area contributed by atoms with Crippen molar-refractivity contribution in [1.29, 1.82) is 0 Å². The van der Waals surface area contributed by atoms with E-state index in [9.17, 15) is 18.0 Å². The minimum atomic E-state index is -3.71. The Labute approximate surface area is 192 Å². The molecule has 4 aliphatic rings. The van der Waals surface area contributed by atoms with Gasteiger partial charge < -0.3 is 4.74 Å². The number of ether oxygens (including phenoxy) is 1. The number of nitrogens with one attached hydrogen (secondary N) is 1. The highest BCUT2D eigenvalue weighted by molar-refractivity contribution is 7.90. The number of aryl methyl sites for hydroxylation is 1. The van der Waals surface area contributed by atoms with Crippen LogP contribution in [0.5, 0.6) is 0 Å². The molecule has 11 heteroatoms. The topological polar surface area (TPSA) is 114 Å². The predicted octanol–water partition coefficient (Wildman–Crippen LogP) is 0.709. The van der Waals surface area contributed by atoms with Gasteiger partial charge in [0.2, 0.25) is 10.0 Å². The van der Waals surface area contributed by atoms with Crippen LogP contribution in [0.15, 0.2) is 36.2 Å². The lowest BCUT2D eigenvalue weighted by atomic mass is 9.98. The normalized spacial score (nSPS) is 26.6. The van der Waals surface area contributed by atoms with Crippen molar-refractivity contribution >= 4 is 27.7 Å². The first kappa shape index (κ1) is 22.2. The van der Waals surface area contributed by atoms with Gasteiger partial charge in [0.15, 0.2) is 0 Å². The molecule has 2 aliphatic carbocycles. The van der Waals surface area contributed by atoms with Crippen LogP contribution in [0.4, 0.5) is 4.79 Å². The van der Waals surface area contributed by atoms with Crippen molar-refractivity contribution in [2.45, 2.75) is 43.5 Å². The molecule has 1 N–H and O–H groups in total. The van der Waals surface area contributed by atoms with Crippen molar-refractivity contribution in [1.82, 2.24) is 19.4 Å². The van der Waals surface area contributed by atoms with E-state index in [2.05, 4.69) is 9.82 Å². The summed E-state index contributed by atoms with van der Waals surface area (Å²) in [6.45, 7) is 3.53. The first-order valence-corrected chi connectivity index (χ1v) is 12.7. The van der Waals surface area contributed by atoms with Gasteiger partial charge in [-0.2, -0.15) is 19.4 Å². The maximum Gasteiger partial charge on any atom is 0.501 e. The van der Waals surface area contributed by atoms with Crippen molar-refractivity contribution in [3.8, 4) is 0 Å². The Hall–Kier alpha value is -2.63. The lowest BCUT2D eigenvalue weighted by molar-refractivity contribution is -0.445. The van der Waals surface area contributed by atoms with Crippen LogP contribution in [0.25, 0.3) is 0 Å². The molecule has 1 saturated heterocycles. The second kappa shape index (κ2) is 8.00. The predicted molar refractivity (Wildman–Crippen MR) is 119 cm³/mol. The maximum absolute atomic E-state index is 13.4. The van der Waals surface area contributed by atoms with Gasteiger partial charge >= 0.3 is 11.9 Å². The van der Waals surface area contributed by atoms with Gasteiger partial charge in [0.05, 0.1) is 19.3 Å². The molecule has 2 atom stereocenters. The number of aromatic nitrogens is 2. The number of nitrogens with zero attached hydrogens (tertiary/aromatic N) is 4. The Balaban J connectivity index is 1.51. The molecule has 176 valence electrons. The molecule has 0 spiro atoms. The van der Waals surface area contributed by atoms with Crippen LogP contribution in [-0.4, -0.2) is 75.9 Å². The fraction of sp³-hybridized carbons (Fsp3) is 0.545. The second-order valence-electron chi connectivity index (χ2n) is 9.53. The first-order valence-electron chi connectivity index (χ1n) is 11.1. The summed E-state index contributed by atoms with van der Waals surface area (Å²) in [6, 6.07) is -0.419. The summed E-state index contributed by atoms with van der Waals surface area (Å²) in [5.41, 5.74) is 0.980. The van der Waals surface area contributed by atoms with Crippen LogP contribution >= 0.6 is 0 Å². The standard InChI is InChI=1S/C22H28N5O5S/c1-22(6-7-22)24-33(30,31)17-3-4-19-18(9-17)20(28)27(13-16-10-23-25(2)11-16)21(29)26(19)12-15-5-8-32-14-15/h3-4,9-11,15,17,24H,5-8,12-14H2,1-2H3/q+1. The Morgan fingerprint density at radius 1 is 1.33 bits per heavy atom. The third kappa shape index (κ3) is 4.32. The van der Waals surface area contributed by atoms with Gasteiger partial charge in [0.25, 0.3) is 0 Å². The van der Waals surface area contributed by atoms with Gasteiger partial charge in [0, 0.05) is 36.9 Å². The highest BCUT2D eigenvalue weighted by atomic mass is 32.2. The van der Waals surface area contributed by atoms with Crippen LogP contribution in [0.2, 0.25) is 0 Å². The van der Waals surface area contributed by atoms with Crippen molar-refractivity contribution in [2.24, 2.45) is 13.0 Å². The summed E-state index contributed by atoms with van der Waals surface area (Å²) in [5, 5.41) is 3.14. The molecule has 0 aromatic carbocycles. The number of rotatable bonds is 7. The number of sulfonamides is 1. The van der Waals surface area contributed by atoms with Crippen molar-refractivity contribution in [3.05, 3.63) is 41.8 Å². The van der Waals surface area contributed by atoms with E-state index in [0.29, 0.717) is 31.0 Å². The first-order chi connectivity index (χ1) is 15.7. The van der Waals surface area contributed by atoms with E-state index in [0.717, 1.165) is 19.3 Å². The quantitative estimate of drug-likeness (QED) is 0.583. The van der Waals surface area contributed by atoms with Crippen LogP contribution < -0.4 is 4.72 Å². The highest BCUT2D eigenvalue weighted by Gasteiger charge is 2.48. The second-order valence-corrected chi connectivity index (χ2v) is 11.4. The molecule has 10 nitrogen and oxygen atoms in total. The zero-order valence-electron chi connectivity index (χ0n) is 18.7. The summed E-state index contributed by atoms with van der Waals surface area (Å²) in [5.74, 6) is -0.345. The molecule has 33 heavy (non-hydrogen) atoms. The van der Waals surface area contributed by atoms with Gasteiger partial charge in [-0.15, -0.1) is 0 Å². The van der Waals surface area contributed by atoms with E-state index in [1.807, 2.05) is 6.92 Å². The average molecular weight is 475 g/mol. The summed E-state index contributed by atoms with van der Waals surface area (Å²) in [4.78, 5) is 28.0. The average Bonchev–Trinajstić information content (AvgIpc) is 3.14. The van der Waals surface area contributed by atoms with Crippen LogP contribution in [0, 0.1) is 5.92 Å². The van der Waals surface area contributed by atoms with E-state index >= 15 is 0 Å². The third-order valence-corrected chi connectivity index (χ3v) is 8.38. The van der Waals surface area contributed by atoms with Crippen LogP contribution in [-0.2, 0) is 33.1 Å². The van der Waals surface area contributed by atoms with Crippen molar-refractivity contribution in [3.63, 3.8) is 0 Å². The fourth-order valence-electron chi connectivity index (χ4n) is 4.41. The number of carbonyl (C=O) groups excluding carboxylic acids is 2. The number of fused-ring (bicyclic) bond motifs is 1. The zero-order chi connectivity index (χ0) is 23.4.